The summed E-state index contributed by atoms with van der Waals surface area (Å²) in [5, 5.41) is 0. The Morgan fingerprint density at radius 2 is 1.75 bits per heavy atom. The van der Waals surface area contributed by atoms with Crippen molar-refractivity contribution in [2.24, 2.45) is 11.7 Å². The van der Waals surface area contributed by atoms with Crippen molar-refractivity contribution in [2.75, 3.05) is 19.6 Å². The Hall–Kier alpha value is -0.570. The first-order valence-electron chi connectivity index (χ1n) is 6.63. The van der Waals surface area contributed by atoms with Crippen LogP contribution in [0.15, 0.2) is 0 Å². The monoisotopic (exact) mass is 228 g/mol. The highest BCUT2D eigenvalue weighted by molar-refractivity contribution is 5.76. The summed E-state index contributed by atoms with van der Waals surface area (Å²) < 4.78 is 0. The number of nitrogens with two attached hydrogens (primary N) is 1. The quantitative estimate of drug-likeness (QED) is 0.658. The maximum atomic E-state index is 11.9. The summed E-state index contributed by atoms with van der Waals surface area (Å²) in [4.78, 5) is 13.9. The maximum absolute atomic E-state index is 11.9. The van der Waals surface area contributed by atoms with E-state index in [1.54, 1.807) is 0 Å². The molecular formula is C13H28N2O. The molecule has 0 radical (unpaired) electrons. The van der Waals surface area contributed by atoms with Gasteiger partial charge in [0.2, 0.25) is 5.91 Å². The number of carbonyl (C=O) groups is 1. The molecule has 96 valence electrons. The highest BCUT2D eigenvalue weighted by atomic mass is 16.2. The number of rotatable bonds is 9. The van der Waals surface area contributed by atoms with Gasteiger partial charge in [0.05, 0.1) is 0 Å². The standard InChI is InChI=1S/C13H28N2O/c1-4-10-15(11-5-2)13(16)7-6-12(3)8-9-14/h12H,4-11,14H2,1-3H3. The molecule has 0 spiro atoms. The molecule has 0 aromatic carbocycles. The molecule has 0 bridgehead atoms. The van der Waals surface area contributed by atoms with Gasteiger partial charge in [0, 0.05) is 19.5 Å². The third-order valence-corrected chi connectivity index (χ3v) is 2.85. The lowest BCUT2D eigenvalue weighted by Crippen LogP contribution is -2.32. The SMILES string of the molecule is CCCN(CCC)C(=O)CCC(C)CCN. The van der Waals surface area contributed by atoms with Gasteiger partial charge >= 0.3 is 0 Å². The molecule has 1 unspecified atom stereocenters. The number of nitrogens with zero attached hydrogens (tertiary/aromatic N) is 1. The molecule has 3 nitrogen and oxygen atoms in total. The number of carbonyl (C=O) groups excluding carboxylic acids is 1. The Labute approximate surface area is 100 Å². The number of hydrogen-bond donors (Lipinski definition) is 1. The van der Waals surface area contributed by atoms with E-state index in [2.05, 4.69) is 20.8 Å². The molecule has 0 aliphatic rings. The summed E-state index contributed by atoms with van der Waals surface area (Å²) in [6.45, 7) is 8.93. The van der Waals surface area contributed by atoms with Gasteiger partial charge < -0.3 is 10.6 Å². The predicted molar refractivity (Wildman–Crippen MR) is 69.2 cm³/mol. The van der Waals surface area contributed by atoms with E-state index < -0.39 is 0 Å². The Morgan fingerprint density at radius 3 is 2.19 bits per heavy atom. The van der Waals surface area contributed by atoms with Crippen LogP contribution in [0.5, 0.6) is 0 Å². The van der Waals surface area contributed by atoms with Crippen LogP contribution in [0.2, 0.25) is 0 Å². The third-order valence-electron chi connectivity index (χ3n) is 2.85. The zero-order chi connectivity index (χ0) is 12.4. The highest BCUT2D eigenvalue weighted by Gasteiger charge is 2.12. The minimum Gasteiger partial charge on any atom is -0.343 e. The molecule has 1 atom stereocenters. The van der Waals surface area contributed by atoms with Gasteiger partial charge in [0.25, 0.3) is 0 Å². The molecule has 0 rings (SSSR count). The van der Waals surface area contributed by atoms with Gasteiger partial charge in [0.15, 0.2) is 0 Å². The minimum absolute atomic E-state index is 0.313. The molecule has 0 heterocycles. The van der Waals surface area contributed by atoms with E-state index >= 15 is 0 Å². The molecule has 0 fully saturated rings. The van der Waals surface area contributed by atoms with Crippen LogP contribution >= 0.6 is 0 Å². The third kappa shape index (κ3) is 6.83. The van der Waals surface area contributed by atoms with Crippen molar-refractivity contribution in [3.8, 4) is 0 Å². The van der Waals surface area contributed by atoms with Gasteiger partial charge in [-0.1, -0.05) is 20.8 Å². The molecule has 0 aromatic heterocycles. The van der Waals surface area contributed by atoms with E-state index in [0.29, 0.717) is 18.2 Å². The first-order valence-corrected chi connectivity index (χ1v) is 6.63. The molecule has 0 aliphatic heterocycles. The van der Waals surface area contributed by atoms with Gasteiger partial charge in [-0.2, -0.15) is 0 Å². The lowest BCUT2D eigenvalue weighted by molar-refractivity contribution is -0.131. The second-order valence-corrected chi connectivity index (χ2v) is 4.60. The first-order chi connectivity index (χ1) is 7.65. The second kappa shape index (κ2) is 9.64. The molecule has 1 amide bonds. The van der Waals surface area contributed by atoms with Crippen molar-refractivity contribution in [3.63, 3.8) is 0 Å². The van der Waals surface area contributed by atoms with E-state index in [9.17, 15) is 4.79 Å². The maximum Gasteiger partial charge on any atom is 0.222 e. The van der Waals surface area contributed by atoms with E-state index in [-0.39, 0.29) is 0 Å². The van der Waals surface area contributed by atoms with Crippen molar-refractivity contribution >= 4 is 5.91 Å². The summed E-state index contributed by atoms with van der Waals surface area (Å²) >= 11 is 0. The largest absolute Gasteiger partial charge is 0.343 e. The van der Waals surface area contributed by atoms with Crippen LogP contribution in [-0.2, 0) is 4.79 Å². The van der Waals surface area contributed by atoms with Gasteiger partial charge in [0.1, 0.15) is 0 Å². The summed E-state index contributed by atoms with van der Waals surface area (Å²) in [5.74, 6) is 0.881. The molecule has 0 saturated heterocycles. The van der Waals surface area contributed by atoms with Crippen molar-refractivity contribution in [1.29, 1.82) is 0 Å². The van der Waals surface area contributed by atoms with Crippen molar-refractivity contribution in [1.82, 2.24) is 4.90 Å². The predicted octanol–water partition coefficient (Wildman–Crippen LogP) is 2.40. The van der Waals surface area contributed by atoms with E-state index in [4.69, 9.17) is 5.73 Å². The molecule has 0 aromatic rings. The van der Waals surface area contributed by atoms with Crippen LogP contribution in [-0.4, -0.2) is 30.4 Å². The summed E-state index contributed by atoms with van der Waals surface area (Å²) in [5.41, 5.74) is 5.50. The fourth-order valence-electron chi connectivity index (χ4n) is 1.86. The molecule has 0 aliphatic carbocycles. The van der Waals surface area contributed by atoms with Gasteiger partial charge in [-0.05, 0) is 38.1 Å². The molecular weight excluding hydrogens is 200 g/mol. The van der Waals surface area contributed by atoms with E-state index in [1.165, 1.54) is 0 Å². The van der Waals surface area contributed by atoms with E-state index in [1.807, 2.05) is 4.90 Å². The van der Waals surface area contributed by atoms with Crippen molar-refractivity contribution < 1.29 is 4.79 Å². The topological polar surface area (TPSA) is 46.3 Å². The average Bonchev–Trinajstić information content (AvgIpc) is 2.26. The lowest BCUT2D eigenvalue weighted by atomic mass is 10.0. The van der Waals surface area contributed by atoms with Crippen molar-refractivity contribution in [2.45, 2.75) is 52.9 Å². The summed E-state index contributed by atoms with van der Waals surface area (Å²) in [6.07, 6.45) is 4.77. The molecule has 3 heteroatoms. The van der Waals surface area contributed by atoms with E-state index in [0.717, 1.165) is 45.3 Å². The molecule has 16 heavy (non-hydrogen) atoms. The van der Waals surface area contributed by atoms with Crippen LogP contribution in [0, 0.1) is 5.92 Å². The van der Waals surface area contributed by atoms with Gasteiger partial charge in [-0.3, -0.25) is 4.79 Å². The first kappa shape index (κ1) is 15.4. The highest BCUT2D eigenvalue weighted by Crippen LogP contribution is 2.11. The zero-order valence-electron chi connectivity index (χ0n) is 11.2. The Morgan fingerprint density at radius 1 is 1.19 bits per heavy atom. The average molecular weight is 228 g/mol. The zero-order valence-corrected chi connectivity index (χ0v) is 11.2. The summed E-state index contributed by atoms with van der Waals surface area (Å²) in [7, 11) is 0. The second-order valence-electron chi connectivity index (χ2n) is 4.60. The Balaban J connectivity index is 3.90. The minimum atomic E-state index is 0.313. The fraction of sp³-hybridized carbons (Fsp3) is 0.923. The van der Waals surface area contributed by atoms with Crippen LogP contribution in [0.3, 0.4) is 0 Å². The lowest BCUT2D eigenvalue weighted by Gasteiger charge is -2.22. The van der Waals surface area contributed by atoms with Crippen LogP contribution < -0.4 is 5.73 Å². The van der Waals surface area contributed by atoms with Crippen LogP contribution in [0.1, 0.15) is 52.9 Å². The Kier molecular flexibility index (Phi) is 9.30. The number of amides is 1. The number of hydrogen-bond acceptors (Lipinski definition) is 2. The fourth-order valence-corrected chi connectivity index (χ4v) is 1.86. The smallest absolute Gasteiger partial charge is 0.222 e. The Bertz CT molecular complexity index is 177. The normalized spacial score (nSPS) is 12.5. The van der Waals surface area contributed by atoms with Crippen molar-refractivity contribution in [3.05, 3.63) is 0 Å². The van der Waals surface area contributed by atoms with Crippen LogP contribution in [0.4, 0.5) is 0 Å². The molecule has 0 saturated carbocycles. The van der Waals surface area contributed by atoms with Crippen LogP contribution in [0.25, 0.3) is 0 Å². The van der Waals surface area contributed by atoms with Gasteiger partial charge in [-0.15, -0.1) is 0 Å². The summed E-state index contributed by atoms with van der Waals surface area (Å²) in [6, 6.07) is 0. The molecule has 2 N–H and O–H groups in total. The van der Waals surface area contributed by atoms with Gasteiger partial charge in [-0.25, -0.2) is 0 Å².